The predicted octanol–water partition coefficient (Wildman–Crippen LogP) is 2.16. The standard InChI is InChI=1S/C12H19ClN2/c1-12(9-14,15(2)3)8-10-4-6-11(13)7-5-10/h4-7H,8-9,14H2,1-3H3. The zero-order valence-electron chi connectivity index (χ0n) is 9.63. The molecule has 0 saturated heterocycles. The number of hydrogen-bond acceptors (Lipinski definition) is 2. The average molecular weight is 227 g/mol. The van der Waals surface area contributed by atoms with Crippen LogP contribution in [0.4, 0.5) is 0 Å². The summed E-state index contributed by atoms with van der Waals surface area (Å²) in [6, 6.07) is 7.95. The second-order valence-corrected chi connectivity index (χ2v) is 4.84. The summed E-state index contributed by atoms with van der Waals surface area (Å²) in [5.74, 6) is 0. The van der Waals surface area contributed by atoms with Crippen LogP contribution in [-0.4, -0.2) is 31.1 Å². The summed E-state index contributed by atoms with van der Waals surface area (Å²) in [6.07, 6.45) is 0.938. The van der Waals surface area contributed by atoms with Crippen molar-refractivity contribution < 1.29 is 0 Å². The monoisotopic (exact) mass is 226 g/mol. The maximum absolute atomic E-state index is 5.84. The molecule has 1 unspecified atom stereocenters. The van der Waals surface area contributed by atoms with Crippen LogP contribution in [0.15, 0.2) is 24.3 Å². The lowest BCUT2D eigenvalue weighted by Crippen LogP contribution is -2.49. The molecule has 2 nitrogen and oxygen atoms in total. The fourth-order valence-electron chi connectivity index (χ4n) is 1.45. The maximum Gasteiger partial charge on any atom is 0.0406 e. The highest BCUT2D eigenvalue weighted by molar-refractivity contribution is 6.30. The molecule has 0 radical (unpaired) electrons. The van der Waals surface area contributed by atoms with Crippen LogP contribution in [0.3, 0.4) is 0 Å². The fourth-order valence-corrected chi connectivity index (χ4v) is 1.58. The van der Waals surface area contributed by atoms with Crippen molar-refractivity contribution in [1.82, 2.24) is 4.90 Å². The van der Waals surface area contributed by atoms with Gasteiger partial charge in [-0.25, -0.2) is 0 Å². The molecule has 84 valence electrons. The molecule has 1 atom stereocenters. The van der Waals surface area contributed by atoms with E-state index in [9.17, 15) is 0 Å². The highest BCUT2D eigenvalue weighted by atomic mass is 35.5. The number of benzene rings is 1. The lowest BCUT2D eigenvalue weighted by atomic mass is 9.92. The third kappa shape index (κ3) is 3.20. The van der Waals surface area contributed by atoms with Gasteiger partial charge in [0.2, 0.25) is 0 Å². The highest BCUT2D eigenvalue weighted by Crippen LogP contribution is 2.18. The molecule has 3 heteroatoms. The molecule has 0 aliphatic heterocycles. The van der Waals surface area contributed by atoms with Crippen molar-refractivity contribution in [3.63, 3.8) is 0 Å². The Bertz CT molecular complexity index is 308. The molecule has 0 fully saturated rings. The van der Waals surface area contributed by atoms with Crippen molar-refractivity contribution in [2.75, 3.05) is 20.6 Å². The lowest BCUT2D eigenvalue weighted by molar-refractivity contribution is 0.181. The Morgan fingerprint density at radius 2 is 1.80 bits per heavy atom. The zero-order valence-corrected chi connectivity index (χ0v) is 10.4. The largest absolute Gasteiger partial charge is 0.329 e. The summed E-state index contributed by atoms with van der Waals surface area (Å²) in [4.78, 5) is 2.17. The fraction of sp³-hybridized carbons (Fsp3) is 0.500. The summed E-state index contributed by atoms with van der Waals surface area (Å²) in [7, 11) is 4.12. The van der Waals surface area contributed by atoms with E-state index in [1.165, 1.54) is 5.56 Å². The van der Waals surface area contributed by atoms with Gasteiger partial charge in [-0.15, -0.1) is 0 Å². The Balaban J connectivity index is 2.79. The quantitative estimate of drug-likeness (QED) is 0.853. The molecular weight excluding hydrogens is 208 g/mol. The molecule has 0 amide bonds. The smallest absolute Gasteiger partial charge is 0.0406 e. The van der Waals surface area contributed by atoms with Gasteiger partial charge in [-0.3, -0.25) is 0 Å². The second kappa shape index (κ2) is 4.97. The van der Waals surface area contributed by atoms with Gasteiger partial charge in [-0.05, 0) is 45.1 Å². The maximum atomic E-state index is 5.84. The van der Waals surface area contributed by atoms with Gasteiger partial charge in [0.05, 0.1) is 0 Å². The van der Waals surface area contributed by atoms with E-state index in [0.29, 0.717) is 6.54 Å². The van der Waals surface area contributed by atoms with Crippen molar-refractivity contribution in [3.05, 3.63) is 34.9 Å². The summed E-state index contributed by atoms with van der Waals surface area (Å²) < 4.78 is 0. The normalized spacial score (nSPS) is 15.3. The second-order valence-electron chi connectivity index (χ2n) is 4.40. The van der Waals surface area contributed by atoms with Gasteiger partial charge >= 0.3 is 0 Å². The van der Waals surface area contributed by atoms with E-state index < -0.39 is 0 Å². The average Bonchev–Trinajstić information content (AvgIpc) is 2.21. The molecule has 1 aromatic carbocycles. The summed E-state index contributed by atoms with van der Waals surface area (Å²) in [5, 5.41) is 0.776. The molecule has 0 saturated carbocycles. The lowest BCUT2D eigenvalue weighted by Gasteiger charge is -2.35. The number of hydrogen-bond donors (Lipinski definition) is 1. The van der Waals surface area contributed by atoms with Crippen LogP contribution in [0.25, 0.3) is 0 Å². The van der Waals surface area contributed by atoms with Crippen LogP contribution < -0.4 is 5.73 Å². The summed E-state index contributed by atoms with van der Waals surface area (Å²) >= 11 is 5.84. The van der Waals surface area contributed by atoms with Crippen molar-refractivity contribution in [3.8, 4) is 0 Å². The molecule has 0 bridgehead atoms. The molecule has 0 aliphatic rings. The first-order chi connectivity index (χ1) is 6.98. The number of nitrogens with zero attached hydrogens (tertiary/aromatic N) is 1. The van der Waals surface area contributed by atoms with Crippen LogP contribution >= 0.6 is 11.6 Å². The summed E-state index contributed by atoms with van der Waals surface area (Å²) in [6.45, 7) is 2.81. The molecule has 2 N–H and O–H groups in total. The van der Waals surface area contributed by atoms with E-state index in [0.717, 1.165) is 11.4 Å². The van der Waals surface area contributed by atoms with E-state index in [2.05, 4.69) is 38.1 Å². The minimum absolute atomic E-state index is 0.00777. The number of nitrogens with two attached hydrogens (primary N) is 1. The Hall–Kier alpha value is -0.570. The van der Waals surface area contributed by atoms with Gasteiger partial charge in [0.25, 0.3) is 0 Å². The zero-order chi connectivity index (χ0) is 11.5. The molecule has 1 rings (SSSR count). The van der Waals surface area contributed by atoms with Gasteiger partial charge in [0, 0.05) is 17.1 Å². The number of likely N-dealkylation sites (N-methyl/N-ethyl adjacent to an activating group) is 1. The first kappa shape index (κ1) is 12.5. The Labute approximate surface area is 97.0 Å². The number of rotatable bonds is 4. The van der Waals surface area contributed by atoms with Crippen LogP contribution in [0.2, 0.25) is 5.02 Å². The third-order valence-corrected chi connectivity index (χ3v) is 3.27. The molecule has 0 heterocycles. The van der Waals surface area contributed by atoms with Crippen LogP contribution in [0.1, 0.15) is 12.5 Å². The van der Waals surface area contributed by atoms with Crippen LogP contribution in [-0.2, 0) is 6.42 Å². The van der Waals surface area contributed by atoms with E-state index in [1.54, 1.807) is 0 Å². The minimum Gasteiger partial charge on any atom is -0.329 e. The first-order valence-corrected chi connectivity index (χ1v) is 5.48. The third-order valence-electron chi connectivity index (χ3n) is 3.02. The van der Waals surface area contributed by atoms with Gasteiger partial charge in [0.1, 0.15) is 0 Å². The van der Waals surface area contributed by atoms with Crippen molar-refractivity contribution >= 4 is 11.6 Å². The minimum atomic E-state index is 0.00777. The van der Waals surface area contributed by atoms with Crippen molar-refractivity contribution in [2.24, 2.45) is 5.73 Å². The van der Waals surface area contributed by atoms with E-state index in [4.69, 9.17) is 17.3 Å². The molecule has 0 aliphatic carbocycles. The first-order valence-electron chi connectivity index (χ1n) is 5.10. The summed E-state index contributed by atoms with van der Waals surface area (Å²) in [5.41, 5.74) is 7.09. The number of halogens is 1. The molecule has 0 aromatic heterocycles. The predicted molar refractivity (Wildman–Crippen MR) is 66.3 cm³/mol. The van der Waals surface area contributed by atoms with Crippen LogP contribution in [0.5, 0.6) is 0 Å². The molecule has 15 heavy (non-hydrogen) atoms. The SMILES string of the molecule is CN(C)C(C)(CN)Cc1ccc(Cl)cc1. The van der Waals surface area contributed by atoms with E-state index in [1.807, 2.05) is 12.1 Å². The Morgan fingerprint density at radius 3 is 2.20 bits per heavy atom. The van der Waals surface area contributed by atoms with Gasteiger partial charge < -0.3 is 10.6 Å². The molecule has 0 spiro atoms. The molecule has 1 aromatic rings. The van der Waals surface area contributed by atoms with Gasteiger partial charge in [-0.1, -0.05) is 23.7 Å². The van der Waals surface area contributed by atoms with Crippen molar-refractivity contribution in [1.29, 1.82) is 0 Å². The molecular formula is C12H19ClN2. The van der Waals surface area contributed by atoms with E-state index in [-0.39, 0.29) is 5.54 Å². The van der Waals surface area contributed by atoms with Crippen LogP contribution in [0, 0.1) is 0 Å². The van der Waals surface area contributed by atoms with Gasteiger partial charge in [-0.2, -0.15) is 0 Å². The highest BCUT2D eigenvalue weighted by Gasteiger charge is 2.25. The topological polar surface area (TPSA) is 29.3 Å². The van der Waals surface area contributed by atoms with Gasteiger partial charge in [0.15, 0.2) is 0 Å². The Kier molecular flexibility index (Phi) is 4.14. The van der Waals surface area contributed by atoms with Crippen molar-refractivity contribution in [2.45, 2.75) is 18.9 Å². The van der Waals surface area contributed by atoms with E-state index >= 15 is 0 Å². The Morgan fingerprint density at radius 1 is 1.27 bits per heavy atom.